The van der Waals surface area contributed by atoms with Gasteiger partial charge in [-0.05, 0) is 37.0 Å². The van der Waals surface area contributed by atoms with E-state index in [9.17, 15) is 4.79 Å². The molecule has 1 N–H and O–H groups in total. The number of nitrogens with one attached hydrogen (secondary N) is 1. The summed E-state index contributed by atoms with van der Waals surface area (Å²) in [5.74, 6) is 0.685. The molecule has 1 fully saturated rings. The molecule has 0 saturated carbocycles. The number of urea groups is 1. The first-order chi connectivity index (χ1) is 15.7. The lowest BCUT2D eigenvalue weighted by molar-refractivity contribution is 0.186. The lowest BCUT2D eigenvalue weighted by atomic mass is 10.00. The summed E-state index contributed by atoms with van der Waals surface area (Å²) in [5, 5.41) is 3.04. The second-order valence-corrected chi connectivity index (χ2v) is 8.46. The molecule has 5 nitrogen and oxygen atoms in total. The van der Waals surface area contributed by atoms with Crippen LogP contribution in [0.5, 0.6) is 0 Å². The summed E-state index contributed by atoms with van der Waals surface area (Å²) < 4.78 is 0. The highest BCUT2D eigenvalue weighted by Crippen LogP contribution is 2.31. The number of likely N-dealkylation sites (tertiary alicyclic amines) is 1. The number of aromatic nitrogens is 2. The number of amides is 2. The number of benzene rings is 3. The number of carbonyl (C=O) groups excluding carboxylic acids is 1. The lowest BCUT2D eigenvalue weighted by Crippen LogP contribution is -2.40. The molecule has 2 heterocycles. The van der Waals surface area contributed by atoms with Gasteiger partial charge in [0.15, 0.2) is 0 Å². The van der Waals surface area contributed by atoms with Crippen molar-refractivity contribution in [1.82, 2.24) is 14.9 Å². The van der Waals surface area contributed by atoms with Crippen LogP contribution in [0.1, 0.15) is 19.8 Å². The molecule has 0 unspecified atom stereocenters. The van der Waals surface area contributed by atoms with Crippen LogP contribution in [0.3, 0.4) is 0 Å². The Bertz CT molecular complexity index is 1230. The summed E-state index contributed by atoms with van der Waals surface area (Å²) in [4.78, 5) is 24.5. The van der Waals surface area contributed by atoms with Crippen molar-refractivity contribution in [2.45, 2.75) is 19.8 Å². The quantitative estimate of drug-likeness (QED) is 0.426. The maximum absolute atomic E-state index is 12.7. The molecule has 1 saturated heterocycles. The van der Waals surface area contributed by atoms with E-state index in [1.165, 1.54) is 0 Å². The number of carbonyl (C=O) groups is 1. The van der Waals surface area contributed by atoms with E-state index >= 15 is 0 Å². The van der Waals surface area contributed by atoms with Crippen molar-refractivity contribution in [3.8, 4) is 22.5 Å². The molecule has 5 rings (SSSR count). The zero-order valence-electron chi connectivity index (χ0n) is 18.2. The largest absolute Gasteiger partial charge is 0.325 e. The fraction of sp³-hybridized carbons (Fsp3) is 0.222. The zero-order valence-corrected chi connectivity index (χ0v) is 18.2. The van der Waals surface area contributed by atoms with Gasteiger partial charge < -0.3 is 10.2 Å². The highest BCUT2D eigenvalue weighted by atomic mass is 16.2. The van der Waals surface area contributed by atoms with E-state index in [1.54, 1.807) is 0 Å². The van der Waals surface area contributed by atoms with Gasteiger partial charge in [-0.3, -0.25) is 0 Å². The van der Waals surface area contributed by atoms with Crippen LogP contribution in [0, 0.1) is 5.92 Å². The zero-order chi connectivity index (χ0) is 21.9. The number of rotatable bonds is 3. The molecule has 5 heteroatoms. The van der Waals surface area contributed by atoms with Crippen LogP contribution < -0.4 is 5.32 Å². The molecule has 0 bridgehead atoms. The smallest absolute Gasteiger partial charge is 0.321 e. The molecule has 1 aliphatic heterocycles. The van der Waals surface area contributed by atoms with Crippen molar-refractivity contribution in [2.24, 2.45) is 5.92 Å². The van der Waals surface area contributed by atoms with E-state index in [0.717, 1.165) is 65.2 Å². The Balaban J connectivity index is 1.51. The van der Waals surface area contributed by atoms with E-state index in [0.29, 0.717) is 5.92 Å². The van der Waals surface area contributed by atoms with Gasteiger partial charge in [-0.15, -0.1) is 0 Å². The topological polar surface area (TPSA) is 58.1 Å². The van der Waals surface area contributed by atoms with Gasteiger partial charge in [0.05, 0.1) is 22.4 Å². The second-order valence-electron chi connectivity index (χ2n) is 8.46. The SMILES string of the molecule is CC1CCN(C(=O)Nc2ccc3nc(-c4ccccc4)c(-c4ccccc4)nc3c2)CC1. The average molecular weight is 423 g/mol. The van der Waals surface area contributed by atoms with Crippen molar-refractivity contribution in [3.63, 3.8) is 0 Å². The van der Waals surface area contributed by atoms with Gasteiger partial charge in [0, 0.05) is 29.9 Å². The van der Waals surface area contributed by atoms with Crippen molar-refractivity contribution in [1.29, 1.82) is 0 Å². The van der Waals surface area contributed by atoms with Gasteiger partial charge in [0.25, 0.3) is 0 Å². The molecule has 3 aromatic carbocycles. The molecule has 1 aromatic heterocycles. The Morgan fingerprint density at radius 2 is 1.38 bits per heavy atom. The van der Waals surface area contributed by atoms with Crippen molar-refractivity contribution >= 4 is 22.8 Å². The van der Waals surface area contributed by atoms with Crippen molar-refractivity contribution < 1.29 is 4.79 Å². The minimum Gasteiger partial charge on any atom is -0.325 e. The highest BCUT2D eigenvalue weighted by Gasteiger charge is 2.20. The highest BCUT2D eigenvalue weighted by molar-refractivity contribution is 5.93. The predicted molar refractivity (Wildman–Crippen MR) is 129 cm³/mol. The molecule has 0 spiro atoms. The van der Waals surface area contributed by atoms with Crippen molar-refractivity contribution in [3.05, 3.63) is 78.9 Å². The Morgan fingerprint density at radius 1 is 0.812 bits per heavy atom. The van der Waals surface area contributed by atoms with Crippen LogP contribution in [-0.4, -0.2) is 34.0 Å². The maximum atomic E-state index is 12.7. The predicted octanol–water partition coefficient (Wildman–Crippen LogP) is 6.23. The second kappa shape index (κ2) is 8.79. The number of hydrogen-bond acceptors (Lipinski definition) is 3. The van der Waals surface area contributed by atoms with Crippen LogP contribution in [-0.2, 0) is 0 Å². The van der Waals surface area contributed by atoms with Gasteiger partial charge in [-0.25, -0.2) is 14.8 Å². The van der Waals surface area contributed by atoms with E-state index in [4.69, 9.17) is 9.97 Å². The lowest BCUT2D eigenvalue weighted by Gasteiger charge is -2.30. The summed E-state index contributed by atoms with van der Waals surface area (Å²) in [6.07, 6.45) is 2.11. The van der Waals surface area contributed by atoms with Crippen LogP contribution in [0.2, 0.25) is 0 Å². The Labute approximate surface area is 188 Å². The number of nitrogens with zero attached hydrogens (tertiary/aromatic N) is 3. The summed E-state index contributed by atoms with van der Waals surface area (Å²) in [5.41, 5.74) is 6.01. The standard InChI is InChI=1S/C27H26N4O/c1-19-14-16-31(17-15-19)27(32)28-22-12-13-23-24(18-22)30-26(21-10-6-3-7-11-21)25(29-23)20-8-4-2-5-9-20/h2-13,18-19H,14-17H2,1H3,(H,28,32). The normalized spacial score (nSPS) is 14.5. The third-order valence-corrected chi connectivity index (χ3v) is 6.08. The number of piperidine rings is 1. The molecule has 0 aliphatic carbocycles. The van der Waals surface area contributed by atoms with Gasteiger partial charge in [0.1, 0.15) is 0 Å². The summed E-state index contributed by atoms with van der Waals surface area (Å²) in [7, 11) is 0. The molecular weight excluding hydrogens is 396 g/mol. The summed E-state index contributed by atoms with van der Waals surface area (Å²) in [6.45, 7) is 3.85. The Hall–Kier alpha value is -3.73. The van der Waals surface area contributed by atoms with Crippen LogP contribution in [0.15, 0.2) is 78.9 Å². The molecular formula is C27H26N4O. The number of fused-ring (bicyclic) bond motifs is 1. The van der Waals surface area contributed by atoms with Crippen LogP contribution in [0.4, 0.5) is 10.5 Å². The molecule has 4 aromatic rings. The first-order valence-corrected chi connectivity index (χ1v) is 11.2. The first kappa shape index (κ1) is 20.2. The third-order valence-electron chi connectivity index (χ3n) is 6.08. The summed E-state index contributed by atoms with van der Waals surface area (Å²) in [6, 6.07) is 25.9. The van der Waals surface area contributed by atoms with Gasteiger partial charge in [-0.1, -0.05) is 67.6 Å². The van der Waals surface area contributed by atoms with E-state index < -0.39 is 0 Å². The molecule has 32 heavy (non-hydrogen) atoms. The minimum atomic E-state index is -0.0478. The first-order valence-electron chi connectivity index (χ1n) is 11.2. The Morgan fingerprint density at radius 3 is 1.97 bits per heavy atom. The molecule has 0 radical (unpaired) electrons. The van der Waals surface area contributed by atoms with Crippen molar-refractivity contribution in [2.75, 3.05) is 18.4 Å². The van der Waals surface area contributed by atoms with E-state index in [-0.39, 0.29) is 6.03 Å². The van der Waals surface area contributed by atoms with Crippen LogP contribution >= 0.6 is 0 Å². The van der Waals surface area contributed by atoms with Gasteiger partial charge >= 0.3 is 6.03 Å². The molecule has 0 atom stereocenters. The van der Waals surface area contributed by atoms with E-state index in [2.05, 4.69) is 24.4 Å². The number of hydrogen-bond donors (Lipinski definition) is 1. The van der Waals surface area contributed by atoms with Gasteiger partial charge in [-0.2, -0.15) is 0 Å². The Kier molecular flexibility index (Phi) is 5.55. The van der Waals surface area contributed by atoms with Crippen LogP contribution in [0.25, 0.3) is 33.5 Å². The third kappa shape index (κ3) is 4.19. The maximum Gasteiger partial charge on any atom is 0.321 e. The molecule has 1 aliphatic rings. The average Bonchev–Trinajstić information content (AvgIpc) is 2.84. The fourth-order valence-corrected chi connectivity index (χ4v) is 4.14. The summed E-state index contributed by atoms with van der Waals surface area (Å²) >= 11 is 0. The fourth-order valence-electron chi connectivity index (χ4n) is 4.14. The molecule has 2 amide bonds. The van der Waals surface area contributed by atoms with Gasteiger partial charge in [0.2, 0.25) is 0 Å². The number of anilines is 1. The minimum absolute atomic E-state index is 0.0478. The molecule has 160 valence electrons. The monoisotopic (exact) mass is 422 g/mol. The van der Waals surface area contributed by atoms with E-state index in [1.807, 2.05) is 71.6 Å².